The van der Waals surface area contributed by atoms with Gasteiger partial charge in [0.1, 0.15) is 0 Å². The minimum Gasteiger partial charge on any atom is -0.310 e. The molecule has 0 bridgehead atoms. The Morgan fingerprint density at radius 2 is 2.10 bits per heavy atom. The van der Waals surface area contributed by atoms with Gasteiger partial charge in [-0.25, -0.2) is 4.98 Å². The van der Waals surface area contributed by atoms with Gasteiger partial charge < -0.3 is 5.32 Å². The molecule has 0 aliphatic rings. The Bertz CT molecular complexity index is 812. The van der Waals surface area contributed by atoms with Crippen molar-refractivity contribution in [2.24, 2.45) is 0 Å². The second-order valence-corrected chi connectivity index (χ2v) is 6.44. The summed E-state index contributed by atoms with van der Waals surface area (Å²) in [5, 5.41) is 3.96. The molecule has 0 radical (unpaired) electrons. The normalized spacial score (nSPS) is 11.1. The highest BCUT2D eigenvalue weighted by Gasteiger charge is 2.03. The third-order valence-corrected chi connectivity index (χ3v) is 4.42. The van der Waals surface area contributed by atoms with Crippen LogP contribution in [0.4, 0.5) is 0 Å². The quantitative estimate of drug-likeness (QED) is 0.736. The molecule has 0 unspecified atom stereocenters. The van der Waals surface area contributed by atoms with E-state index in [2.05, 4.69) is 10.3 Å². The number of nitrogens with one attached hydrogen (secondary N) is 1. The standard InChI is InChI=1S/C15H14ClN3OS/c16-14-6-5-11(21-14)9-17-7-8-19-10-18-13-4-2-1-3-12(13)15(19)20/h1-6,10,17H,7-9H2. The van der Waals surface area contributed by atoms with Crippen LogP contribution >= 0.6 is 22.9 Å². The zero-order valence-electron chi connectivity index (χ0n) is 11.3. The van der Waals surface area contributed by atoms with Crippen LogP contribution < -0.4 is 10.9 Å². The molecule has 1 N–H and O–H groups in total. The maximum atomic E-state index is 12.3. The summed E-state index contributed by atoms with van der Waals surface area (Å²) in [7, 11) is 0. The number of rotatable bonds is 5. The monoisotopic (exact) mass is 319 g/mol. The van der Waals surface area contributed by atoms with Gasteiger partial charge in [0.2, 0.25) is 0 Å². The van der Waals surface area contributed by atoms with E-state index in [0.29, 0.717) is 18.5 Å². The number of thiophene rings is 1. The van der Waals surface area contributed by atoms with Gasteiger partial charge in [0.25, 0.3) is 5.56 Å². The summed E-state index contributed by atoms with van der Waals surface area (Å²) in [6.45, 7) is 2.05. The summed E-state index contributed by atoms with van der Waals surface area (Å²) in [5.74, 6) is 0. The van der Waals surface area contributed by atoms with Crippen LogP contribution in [0.25, 0.3) is 10.9 Å². The molecule has 0 aliphatic heterocycles. The first kappa shape index (κ1) is 14.3. The molecule has 0 amide bonds. The largest absolute Gasteiger partial charge is 0.310 e. The van der Waals surface area contributed by atoms with E-state index in [1.807, 2.05) is 36.4 Å². The Labute approximate surface area is 131 Å². The Morgan fingerprint density at radius 1 is 1.24 bits per heavy atom. The Kier molecular flexibility index (Phi) is 4.34. The van der Waals surface area contributed by atoms with E-state index < -0.39 is 0 Å². The highest BCUT2D eigenvalue weighted by Crippen LogP contribution is 2.20. The van der Waals surface area contributed by atoms with Crippen LogP contribution in [-0.2, 0) is 13.1 Å². The van der Waals surface area contributed by atoms with Crippen LogP contribution in [0.1, 0.15) is 4.88 Å². The molecule has 2 aromatic heterocycles. The summed E-state index contributed by atoms with van der Waals surface area (Å²) in [6.07, 6.45) is 1.61. The summed E-state index contributed by atoms with van der Waals surface area (Å²) in [5.41, 5.74) is 0.738. The van der Waals surface area contributed by atoms with Gasteiger partial charge in [0, 0.05) is 24.5 Å². The van der Waals surface area contributed by atoms with Gasteiger partial charge in [-0.05, 0) is 24.3 Å². The van der Waals surface area contributed by atoms with Gasteiger partial charge in [0.15, 0.2) is 0 Å². The van der Waals surface area contributed by atoms with Crippen LogP contribution in [-0.4, -0.2) is 16.1 Å². The maximum Gasteiger partial charge on any atom is 0.261 e. The summed E-state index contributed by atoms with van der Waals surface area (Å²) < 4.78 is 2.43. The average Bonchev–Trinajstić information content (AvgIpc) is 2.91. The second-order valence-electron chi connectivity index (χ2n) is 4.64. The molecule has 4 nitrogen and oxygen atoms in total. The SMILES string of the molecule is O=c1c2ccccc2ncn1CCNCc1ccc(Cl)s1. The number of hydrogen-bond acceptors (Lipinski definition) is 4. The van der Waals surface area contributed by atoms with Gasteiger partial charge in [-0.2, -0.15) is 0 Å². The number of fused-ring (bicyclic) bond motifs is 1. The second kappa shape index (κ2) is 6.39. The molecular formula is C15H14ClN3OS. The van der Waals surface area contributed by atoms with Gasteiger partial charge in [-0.15, -0.1) is 11.3 Å². The Morgan fingerprint density at radius 3 is 2.90 bits per heavy atom. The predicted molar refractivity (Wildman–Crippen MR) is 87.0 cm³/mol. The number of halogens is 1. The van der Waals surface area contributed by atoms with Crippen LogP contribution in [0.5, 0.6) is 0 Å². The molecule has 2 heterocycles. The first-order chi connectivity index (χ1) is 10.2. The van der Waals surface area contributed by atoms with Crippen molar-refractivity contribution in [1.29, 1.82) is 0 Å². The van der Waals surface area contributed by atoms with E-state index in [0.717, 1.165) is 16.4 Å². The smallest absolute Gasteiger partial charge is 0.261 e. The first-order valence-corrected chi connectivity index (χ1v) is 7.82. The highest BCUT2D eigenvalue weighted by atomic mass is 35.5. The van der Waals surface area contributed by atoms with Crippen molar-refractivity contribution < 1.29 is 0 Å². The maximum absolute atomic E-state index is 12.3. The van der Waals surface area contributed by atoms with Crippen molar-refractivity contribution in [2.75, 3.05) is 6.54 Å². The van der Waals surface area contributed by atoms with Crippen molar-refractivity contribution >= 4 is 33.8 Å². The minimum absolute atomic E-state index is 0.00145. The number of para-hydroxylation sites is 1. The Balaban J connectivity index is 1.63. The molecule has 0 saturated heterocycles. The average molecular weight is 320 g/mol. The van der Waals surface area contributed by atoms with E-state index in [-0.39, 0.29) is 5.56 Å². The molecule has 21 heavy (non-hydrogen) atoms. The fourth-order valence-electron chi connectivity index (χ4n) is 2.12. The zero-order valence-corrected chi connectivity index (χ0v) is 12.8. The zero-order chi connectivity index (χ0) is 14.7. The summed E-state index contributed by atoms with van der Waals surface area (Å²) in [6, 6.07) is 11.3. The molecular weight excluding hydrogens is 306 g/mol. The molecule has 0 saturated carbocycles. The number of benzene rings is 1. The van der Waals surface area contributed by atoms with E-state index in [9.17, 15) is 4.79 Å². The number of hydrogen-bond donors (Lipinski definition) is 1. The van der Waals surface area contributed by atoms with E-state index in [1.54, 1.807) is 22.2 Å². The van der Waals surface area contributed by atoms with Crippen molar-refractivity contribution in [3.63, 3.8) is 0 Å². The molecule has 0 atom stereocenters. The topological polar surface area (TPSA) is 46.9 Å². The molecule has 108 valence electrons. The fourth-order valence-corrected chi connectivity index (χ4v) is 3.18. The molecule has 0 spiro atoms. The van der Waals surface area contributed by atoms with Crippen LogP contribution in [0.2, 0.25) is 4.34 Å². The van der Waals surface area contributed by atoms with Crippen LogP contribution in [0.3, 0.4) is 0 Å². The lowest BCUT2D eigenvalue weighted by molar-refractivity contribution is 0.584. The molecule has 0 aliphatic carbocycles. The van der Waals surface area contributed by atoms with Gasteiger partial charge >= 0.3 is 0 Å². The Hall–Kier alpha value is -1.69. The van der Waals surface area contributed by atoms with E-state index >= 15 is 0 Å². The minimum atomic E-state index is 0.00145. The van der Waals surface area contributed by atoms with Crippen molar-refractivity contribution in [2.45, 2.75) is 13.1 Å². The lowest BCUT2D eigenvalue weighted by atomic mass is 10.2. The lowest BCUT2D eigenvalue weighted by Gasteiger charge is -2.07. The van der Waals surface area contributed by atoms with Gasteiger partial charge in [0.05, 0.1) is 21.6 Å². The number of nitrogens with zero attached hydrogens (tertiary/aromatic N) is 2. The van der Waals surface area contributed by atoms with Crippen LogP contribution in [0.15, 0.2) is 47.5 Å². The molecule has 3 aromatic rings. The highest BCUT2D eigenvalue weighted by molar-refractivity contribution is 7.16. The van der Waals surface area contributed by atoms with Gasteiger partial charge in [-0.3, -0.25) is 9.36 Å². The van der Waals surface area contributed by atoms with Crippen molar-refractivity contribution in [3.05, 3.63) is 62.3 Å². The first-order valence-electron chi connectivity index (χ1n) is 6.63. The van der Waals surface area contributed by atoms with E-state index in [4.69, 9.17) is 11.6 Å². The molecule has 6 heteroatoms. The molecule has 0 fully saturated rings. The van der Waals surface area contributed by atoms with Crippen molar-refractivity contribution in [3.8, 4) is 0 Å². The van der Waals surface area contributed by atoms with Crippen LogP contribution in [0, 0.1) is 0 Å². The summed E-state index contributed by atoms with van der Waals surface area (Å²) in [4.78, 5) is 17.8. The van der Waals surface area contributed by atoms with Gasteiger partial charge in [-0.1, -0.05) is 23.7 Å². The third-order valence-electron chi connectivity index (χ3n) is 3.19. The van der Waals surface area contributed by atoms with Crippen molar-refractivity contribution in [1.82, 2.24) is 14.9 Å². The fraction of sp³-hybridized carbons (Fsp3) is 0.200. The third kappa shape index (κ3) is 3.32. The molecule has 3 rings (SSSR count). The predicted octanol–water partition coefficient (Wildman–Crippen LogP) is 2.90. The molecule has 1 aromatic carbocycles. The summed E-state index contributed by atoms with van der Waals surface area (Å²) >= 11 is 7.44. The number of aromatic nitrogens is 2. The van der Waals surface area contributed by atoms with E-state index in [1.165, 1.54) is 4.88 Å². The lowest BCUT2D eigenvalue weighted by Crippen LogP contribution is -2.27.